The van der Waals surface area contributed by atoms with Gasteiger partial charge in [-0.15, -0.1) is 0 Å². The van der Waals surface area contributed by atoms with Gasteiger partial charge >= 0.3 is 0 Å². The molecule has 2 N–H and O–H groups in total. The van der Waals surface area contributed by atoms with Gasteiger partial charge in [-0.05, 0) is 18.9 Å². The molecule has 1 saturated heterocycles. The van der Waals surface area contributed by atoms with Gasteiger partial charge in [0, 0.05) is 13.1 Å². The van der Waals surface area contributed by atoms with Crippen molar-refractivity contribution in [1.82, 2.24) is 15.1 Å². The van der Waals surface area contributed by atoms with E-state index in [1.807, 2.05) is 31.2 Å². The zero-order valence-electron chi connectivity index (χ0n) is 12.7. The van der Waals surface area contributed by atoms with Gasteiger partial charge in [-0.2, -0.15) is 5.10 Å². The molecule has 1 atom stereocenters. The van der Waals surface area contributed by atoms with Crippen molar-refractivity contribution in [2.45, 2.75) is 25.9 Å². The Kier molecular flexibility index (Phi) is 4.34. The molecule has 0 aliphatic carbocycles. The van der Waals surface area contributed by atoms with Crippen molar-refractivity contribution >= 4 is 23.2 Å². The maximum absolute atomic E-state index is 12.5. The van der Waals surface area contributed by atoms with Crippen molar-refractivity contribution < 1.29 is 4.79 Å². The van der Waals surface area contributed by atoms with Gasteiger partial charge in [-0.1, -0.05) is 41.4 Å². The highest BCUT2D eigenvalue weighted by molar-refractivity contribution is 6.33. The Morgan fingerprint density at radius 1 is 1.35 bits per heavy atom. The van der Waals surface area contributed by atoms with E-state index in [9.17, 15) is 9.59 Å². The van der Waals surface area contributed by atoms with E-state index < -0.39 is 5.56 Å². The summed E-state index contributed by atoms with van der Waals surface area (Å²) in [5.74, 6) is 0.00178. The molecule has 6 nitrogen and oxygen atoms in total. The lowest BCUT2D eigenvalue weighted by molar-refractivity contribution is -0.128. The summed E-state index contributed by atoms with van der Waals surface area (Å²) in [6.45, 7) is 3.28. The summed E-state index contributed by atoms with van der Waals surface area (Å²) >= 11 is 5.93. The highest BCUT2D eigenvalue weighted by Crippen LogP contribution is 2.22. The number of aromatic amines is 1. The van der Waals surface area contributed by atoms with Crippen molar-refractivity contribution in [2.75, 3.05) is 11.9 Å². The number of nitrogens with zero attached hydrogens (tertiary/aromatic N) is 2. The summed E-state index contributed by atoms with van der Waals surface area (Å²) in [7, 11) is 0. The quantitative estimate of drug-likeness (QED) is 0.897. The second-order valence-corrected chi connectivity index (χ2v) is 6.04. The molecule has 3 rings (SSSR count). The molecule has 1 aliphatic heterocycles. The molecule has 0 bridgehead atoms. The lowest BCUT2D eigenvalue weighted by Gasteiger charge is -2.18. The van der Waals surface area contributed by atoms with E-state index in [0.717, 1.165) is 5.56 Å². The molecule has 1 aliphatic rings. The summed E-state index contributed by atoms with van der Waals surface area (Å²) in [5, 5.41) is 8.98. The summed E-state index contributed by atoms with van der Waals surface area (Å²) in [5.41, 5.74) is 2.20. The Morgan fingerprint density at radius 3 is 2.83 bits per heavy atom. The standard InChI is InChI=1S/C16H17ClN4O2/c1-10-2-4-11(5-3-10)9-21-7-6-12(16(21)23)19-13-8-18-20-15(22)14(13)17/h2-5,8,12H,6-7,9H2,1H3,(H2,19,20,22). The van der Waals surface area contributed by atoms with Crippen molar-refractivity contribution in [3.8, 4) is 0 Å². The average Bonchev–Trinajstić information content (AvgIpc) is 2.87. The third-order valence-corrected chi connectivity index (χ3v) is 4.29. The minimum Gasteiger partial charge on any atom is -0.371 e. The molecule has 0 radical (unpaired) electrons. The van der Waals surface area contributed by atoms with Crippen LogP contribution in [0, 0.1) is 6.92 Å². The Labute approximate surface area is 138 Å². The number of rotatable bonds is 4. The van der Waals surface area contributed by atoms with Crippen molar-refractivity contribution in [3.05, 3.63) is 57.0 Å². The third kappa shape index (κ3) is 3.37. The van der Waals surface area contributed by atoms with E-state index in [1.54, 1.807) is 4.90 Å². The number of carbonyl (C=O) groups is 1. The topological polar surface area (TPSA) is 78.1 Å². The van der Waals surface area contributed by atoms with E-state index in [-0.39, 0.29) is 17.0 Å². The minimum absolute atomic E-state index is 0.00178. The van der Waals surface area contributed by atoms with Crippen molar-refractivity contribution in [3.63, 3.8) is 0 Å². The van der Waals surface area contributed by atoms with Crippen LogP contribution in [-0.2, 0) is 11.3 Å². The third-order valence-electron chi connectivity index (χ3n) is 3.92. The number of benzene rings is 1. The van der Waals surface area contributed by atoms with Crippen LogP contribution in [0.4, 0.5) is 5.69 Å². The van der Waals surface area contributed by atoms with E-state index in [2.05, 4.69) is 15.5 Å². The van der Waals surface area contributed by atoms with Gasteiger partial charge < -0.3 is 10.2 Å². The summed E-state index contributed by atoms with van der Waals surface area (Å²) in [4.78, 5) is 25.7. The van der Waals surface area contributed by atoms with Crippen LogP contribution in [0.5, 0.6) is 0 Å². The molecule has 2 aromatic rings. The van der Waals surface area contributed by atoms with Crippen LogP contribution in [0.1, 0.15) is 17.5 Å². The number of hydrogen-bond donors (Lipinski definition) is 2. The number of aromatic nitrogens is 2. The molecule has 0 spiro atoms. The van der Waals surface area contributed by atoms with Gasteiger partial charge in [0.1, 0.15) is 11.1 Å². The highest BCUT2D eigenvalue weighted by Gasteiger charge is 2.32. The largest absolute Gasteiger partial charge is 0.371 e. The second kappa shape index (κ2) is 6.42. The fraction of sp³-hybridized carbons (Fsp3) is 0.312. The smallest absolute Gasteiger partial charge is 0.285 e. The fourth-order valence-electron chi connectivity index (χ4n) is 2.62. The first kappa shape index (κ1) is 15.6. The minimum atomic E-state index is -0.473. The molecule has 23 heavy (non-hydrogen) atoms. The number of halogens is 1. The number of aryl methyl sites for hydroxylation is 1. The summed E-state index contributed by atoms with van der Waals surface area (Å²) in [6.07, 6.45) is 2.08. The normalized spacial score (nSPS) is 17.6. The predicted molar refractivity (Wildman–Crippen MR) is 88.5 cm³/mol. The number of H-pyrrole nitrogens is 1. The number of anilines is 1. The van der Waals surface area contributed by atoms with Crippen LogP contribution in [0.15, 0.2) is 35.3 Å². The van der Waals surface area contributed by atoms with E-state index in [4.69, 9.17) is 11.6 Å². The van der Waals surface area contributed by atoms with Gasteiger partial charge in [0.25, 0.3) is 5.56 Å². The molecule has 0 saturated carbocycles. The highest BCUT2D eigenvalue weighted by atomic mass is 35.5. The SMILES string of the molecule is Cc1ccc(CN2CCC(Nc3cn[nH]c(=O)c3Cl)C2=O)cc1. The van der Waals surface area contributed by atoms with Gasteiger partial charge in [0.15, 0.2) is 0 Å². The average molecular weight is 333 g/mol. The summed E-state index contributed by atoms with van der Waals surface area (Å²) < 4.78 is 0. The van der Waals surface area contributed by atoms with Crippen LogP contribution >= 0.6 is 11.6 Å². The van der Waals surface area contributed by atoms with Crippen LogP contribution in [0.2, 0.25) is 5.02 Å². The first-order valence-corrected chi connectivity index (χ1v) is 7.76. The van der Waals surface area contributed by atoms with Gasteiger partial charge in [-0.3, -0.25) is 9.59 Å². The van der Waals surface area contributed by atoms with Crippen molar-refractivity contribution in [2.24, 2.45) is 0 Å². The molecule has 1 amide bonds. The van der Waals surface area contributed by atoms with Crippen LogP contribution in [0.3, 0.4) is 0 Å². The molecular weight excluding hydrogens is 316 g/mol. The van der Waals surface area contributed by atoms with E-state index >= 15 is 0 Å². The van der Waals surface area contributed by atoms with Crippen LogP contribution in [0.25, 0.3) is 0 Å². The molecule has 2 heterocycles. The van der Waals surface area contributed by atoms with Gasteiger partial charge in [-0.25, -0.2) is 5.10 Å². The van der Waals surface area contributed by atoms with E-state index in [1.165, 1.54) is 11.8 Å². The van der Waals surface area contributed by atoms with Crippen LogP contribution in [-0.4, -0.2) is 33.6 Å². The van der Waals surface area contributed by atoms with E-state index in [0.29, 0.717) is 25.2 Å². The second-order valence-electron chi connectivity index (χ2n) is 5.66. The number of amides is 1. The number of carbonyl (C=O) groups excluding carboxylic acids is 1. The molecular formula is C16H17ClN4O2. The zero-order valence-corrected chi connectivity index (χ0v) is 13.4. The Hall–Kier alpha value is -2.34. The monoisotopic (exact) mass is 332 g/mol. The van der Waals surface area contributed by atoms with Crippen molar-refractivity contribution in [1.29, 1.82) is 0 Å². The Morgan fingerprint density at radius 2 is 2.09 bits per heavy atom. The number of nitrogens with one attached hydrogen (secondary N) is 2. The Balaban J connectivity index is 1.68. The maximum Gasteiger partial charge on any atom is 0.285 e. The van der Waals surface area contributed by atoms with Gasteiger partial charge in [0.05, 0.1) is 11.9 Å². The van der Waals surface area contributed by atoms with Gasteiger partial charge in [0.2, 0.25) is 5.91 Å². The number of hydrogen-bond acceptors (Lipinski definition) is 4. The lowest BCUT2D eigenvalue weighted by atomic mass is 10.1. The summed E-state index contributed by atoms with van der Waals surface area (Å²) in [6, 6.07) is 7.74. The molecule has 120 valence electrons. The lowest BCUT2D eigenvalue weighted by Crippen LogP contribution is -2.33. The first-order chi connectivity index (χ1) is 11.0. The molecule has 1 aromatic carbocycles. The molecule has 1 aromatic heterocycles. The maximum atomic E-state index is 12.5. The predicted octanol–water partition coefficient (Wildman–Crippen LogP) is 1.94. The molecule has 1 fully saturated rings. The first-order valence-electron chi connectivity index (χ1n) is 7.38. The number of likely N-dealkylation sites (tertiary alicyclic amines) is 1. The fourth-order valence-corrected chi connectivity index (χ4v) is 2.76. The zero-order chi connectivity index (χ0) is 16.4. The Bertz CT molecular complexity index is 772. The van der Waals surface area contributed by atoms with Crippen LogP contribution < -0.4 is 10.9 Å². The molecule has 7 heteroatoms. The molecule has 1 unspecified atom stereocenters.